The third-order valence-corrected chi connectivity index (χ3v) is 2.58. The maximum absolute atomic E-state index is 5.52. The second-order valence-corrected chi connectivity index (χ2v) is 4.22. The van der Waals surface area contributed by atoms with E-state index >= 15 is 0 Å². The monoisotopic (exact) mass is 347 g/mol. The Morgan fingerprint density at radius 2 is 1.42 bits per heavy atom. The Bertz CT molecular complexity index is 292. The fourth-order valence-electron chi connectivity index (χ4n) is 1.58. The summed E-state index contributed by atoms with van der Waals surface area (Å²) < 4.78 is 5.52. The molecule has 0 saturated carbocycles. The number of ether oxygens (including phenoxy) is 1. The van der Waals surface area contributed by atoms with Gasteiger partial charge in [0.25, 0.3) is 0 Å². The number of hydrogen-bond acceptors (Lipinski definition) is 4. The molecule has 1 rings (SSSR count). The van der Waals surface area contributed by atoms with Gasteiger partial charge in [0.2, 0.25) is 0 Å². The summed E-state index contributed by atoms with van der Waals surface area (Å²) in [5.74, 6) is 0. The highest BCUT2D eigenvalue weighted by molar-refractivity contribution is 5.13. The molecule has 1 aromatic carbocycles. The van der Waals surface area contributed by atoms with Crippen molar-refractivity contribution in [2.75, 3.05) is 32.9 Å². The first-order chi connectivity index (χ1) is 10.9. The van der Waals surface area contributed by atoms with E-state index in [1.165, 1.54) is 5.56 Å². The van der Waals surface area contributed by atoms with Crippen molar-refractivity contribution in [3.8, 4) is 0 Å². The molecule has 4 nitrogen and oxygen atoms in total. The Morgan fingerprint density at radius 3 is 2.00 bits per heavy atom. The molecule has 0 aliphatic carbocycles. The van der Waals surface area contributed by atoms with E-state index in [1.54, 1.807) is 0 Å². The van der Waals surface area contributed by atoms with Crippen molar-refractivity contribution in [3.05, 3.63) is 35.9 Å². The molecule has 0 amide bonds. The summed E-state index contributed by atoms with van der Waals surface area (Å²) in [6, 6.07) is 10.2. The molecule has 0 saturated heterocycles. The molecular formula is C20H49N3O. The molecule has 0 aromatic heterocycles. The predicted molar refractivity (Wildman–Crippen MR) is 116 cm³/mol. The average Bonchev–Trinajstić information content (AvgIpc) is 2.61. The third-order valence-electron chi connectivity index (χ3n) is 2.58. The number of benzene rings is 1. The number of nitrogens with two attached hydrogens (primary N) is 1. The quantitative estimate of drug-likeness (QED) is 0.394. The molecule has 0 radical (unpaired) electrons. The lowest BCUT2D eigenvalue weighted by atomic mass is 10.2. The zero-order valence-electron chi connectivity index (χ0n) is 15.0. The molecule has 0 unspecified atom stereocenters. The minimum Gasteiger partial charge on any atom is -0.362 e. The van der Waals surface area contributed by atoms with Crippen molar-refractivity contribution in [1.29, 1.82) is 0 Å². The van der Waals surface area contributed by atoms with Crippen molar-refractivity contribution in [1.82, 2.24) is 10.6 Å². The summed E-state index contributed by atoms with van der Waals surface area (Å²) in [5, 5.41) is 6.60. The molecule has 150 valence electrons. The van der Waals surface area contributed by atoms with Crippen LogP contribution in [0.4, 0.5) is 0 Å². The lowest BCUT2D eigenvalue weighted by Gasteiger charge is -2.07. The number of hydrogen-bond donors (Lipinski definition) is 3. The Kier molecular flexibility index (Phi) is 38.6. The summed E-state index contributed by atoms with van der Waals surface area (Å²) in [4.78, 5) is 0. The average molecular weight is 348 g/mol. The fourth-order valence-corrected chi connectivity index (χ4v) is 1.58. The van der Waals surface area contributed by atoms with E-state index in [0.29, 0.717) is 13.3 Å². The Hall–Kier alpha value is -0.940. The lowest BCUT2D eigenvalue weighted by Crippen LogP contribution is -2.25. The topological polar surface area (TPSA) is 59.3 Å². The zero-order valence-corrected chi connectivity index (χ0v) is 15.0. The van der Waals surface area contributed by atoms with Crippen LogP contribution in [0.1, 0.15) is 63.8 Å². The lowest BCUT2D eigenvalue weighted by molar-refractivity contribution is 0.103. The van der Waals surface area contributed by atoms with Crippen LogP contribution in [0.25, 0.3) is 0 Å². The minimum atomic E-state index is 0. The largest absolute Gasteiger partial charge is 0.362 e. The normalized spacial score (nSPS) is 8.54. The van der Waals surface area contributed by atoms with Crippen LogP contribution in [0.2, 0.25) is 0 Å². The van der Waals surface area contributed by atoms with Gasteiger partial charge in [-0.1, -0.05) is 72.9 Å². The number of nitrogens with one attached hydrogen (secondary N) is 2. The Balaban J connectivity index is -0.000000117. The summed E-state index contributed by atoms with van der Waals surface area (Å²) >= 11 is 0. The minimum absolute atomic E-state index is 0. The maximum atomic E-state index is 5.52. The second-order valence-electron chi connectivity index (χ2n) is 4.22. The van der Waals surface area contributed by atoms with Crippen LogP contribution in [-0.4, -0.2) is 32.9 Å². The van der Waals surface area contributed by atoms with Crippen LogP contribution < -0.4 is 16.4 Å². The molecule has 0 aliphatic heterocycles. The van der Waals surface area contributed by atoms with Gasteiger partial charge < -0.3 is 15.8 Å². The van der Waals surface area contributed by atoms with Crippen LogP contribution in [0.15, 0.2) is 30.3 Å². The fraction of sp³-hybridized carbons (Fsp3) is 0.700. The zero-order chi connectivity index (χ0) is 16.9. The molecular weight excluding hydrogens is 298 g/mol. The van der Waals surface area contributed by atoms with Gasteiger partial charge in [0, 0.05) is 2.85 Å². The Labute approximate surface area is 155 Å². The standard InChI is InChI=1S/C14H25N3O.2C2H6.2CH4.2H2/c15-8-4-9-16-10-5-11-17-13-18-12-14-6-2-1-3-7-14;2*1-2;;;;/h1-3,6-7,16-17H,4-5,8-13,15H2;2*1-2H3;2*1H4;2*1H. The highest BCUT2D eigenvalue weighted by Gasteiger charge is 1.92. The summed E-state index contributed by atoms with van der Waals surface area (Å²) in [6.45, 7) is 13.1. The van der Waals surface area contributed by atoms with Gasteiger partial charge in [-0.3, -0.25) is 5.32 Å². The van der Waals surface area contributed by atoms with Crippen molar-refractivity contribution in [2.24, 2.45) is 5.73 Å². The van der Waals surface area contributed by atoms with E-state index in [4.69, 9.17) is 10.5 Å². The van der Waals surface area contributed by atoms with Gasteiger partial charge >= 0.3 is 0 Å². The van der Waals surface area contributed by atoms with Gasteiger partial charge in [0.1, 0.15) is 0 Å². The molecule has 0 bridgehead atoms. The van der Waals surface area contributed by atoms with Crippen LogP contribution in [-0.2, 0) is 11.3 Å². The van der Waals surface area contributed by atoms with E-state index in [0.717, 1.165) is 39.0 Å². The first-order valence-electron chi connectivity index (χ1n) is 8.66. The summed E-state index contributed by atoms with van der Waals surface area (Å²) in [7, 11) is 0. The molecule has 0 heterocycles. The van der Waals surface area contributed by atoms with E-state index < -0.39 is 0 Å². The third kappa shape index (κ3) is 23.3. The van der Waals surface area contributed by atoms with Crippen LogP contribution in [0.5, 0.6) is 0 Å². The maximum Gasteiger partial charge on any atom is 0.0969 e. The molecule has 0 atom stereocenters. The van der Waals surface area contributed by atoms with Crippen molar-refractivity contribution in [3.63, 3.8) is 0 Å². The van der Waals surface area contributed by atoms with E-state index in [9.17, 15) is 0 Å². The SMILES string of the molecule is C.C.CC.CC.NCCCNCCCNCOCc1ccccc1.[HH].[HH]. The van der Waals surface area contributed by atoms with Crippen LogP contribution in [0, 0.1) is 0 Å². The molecule has 4 heteroatoms. The van der Waals surface area contributed by atoms with Gasteiger partial charge in [0.05, 0.1) is 13.3 Å². The van der Waals surface area contributed by atoms with E-state index in [2.05, 4.69) is 22.8 Å². The Morgan fingerprint density at radius 1 is 0.875 bits per heavy atom. The highest BCUT2D eigenvalue weighted by Crippen LogP contribution is 1.99. The van der Waals surface area contributed by atoms with E-state index in [-0.39, 0.29) is 17.7 Å². The van der Waals surface area contributed by atoms with Gasteiger partial charge in [0.15, 0.2) is 0 Å². The first-order valence-corrected chi connectivity index (χ1v) is 8.66. The smallest absolute Gasteiger partial charge is 0.0969 e. The van der Waals surface area contributed by atoms with E-state index in [1.807, 2.05) is 45.9 Å². The van der Waals surface area contributed by atoms with Crippen molar-refractivity contribution >= 4 is 0 Å². The molecule has 0 aliphatic rings. The van der Waals surface area contributed by atoms with Gasteiger partial charge in [-0.15, -0.1) is 0 Å². The number of rotatable bonds is 11. The van der Waals surface area contributed by atoms with Crippen LogP contribution >= 0.6 is 0 Å². The predicted octanol–water partition coefficient (Wildman–Crippen LogP) is 4.90. The van der Waals surface area contributed by atoms with Gasteiger partial charge in [-0.25, -0.2) is 0 Å². The van der Waals surface area contributed by atoms with Gasteiger partial charge in [-0.2, -0.15) is 0 Å². The van der Waals surface area contributed by atoms with Gasteiger partial charge in [-0.05, 0) is 44.6 Å². The summed E-state index contributed by atoms with van der Waals surface area (Å²) in [6.07, 6.45) is 2.16. The second kappa shape index (κ2) is 30.0. The van der Waals surface area contributed by atoms with Crippen molar-refractivity contribution < 1.29 is 7.59 Å². The molecule has 0 spiro atoms. The molecule has 1 aromatic rings. The van der Waals surface area contributed by atoms with Crippen molar-refractivity contribution in [2.45, 2.75) is 62.0 Å². The first kappa shape index (κ1) is 30.9. The van der Waals surface area contributed by atoms with Crippen LogP contribution in [0.3, 0.4) is 0 Å². The molecule has 0 fully saturated rings. The highest BCUT2D eigenvalue weighted by atomic mass is 16.5. The molecule has 4 N–H and O–H groups in total. The summed E-state index contributed by atoms with van der Waals surface area (Å²) in [5.41, 5.74) is 6.61. The molecule has 24 heavy (non-hydrogen) atoms.